The molecule has 2 nitrogen and oxygen atoms in total. The summed E-state index contributed by atoms with van der Waals surface area (Å²) in [6, 6.07) is 5.15. The predicted molar refractivity (Wildman–Crippen MR) is 67.6 cm³/mol. The molecule has 0 saturated heterocycles. The SMILES string of the molecule is O=C(N1CCCc2cc(CCCl)ccc21)C(F)(F)F. The van der Waals surface area contributed by atoms with Crippen LogP contribution in [-0.4, -0.2) is 24.5 Å². The van der Waals surface area contributed by atoms with Crippen LogP contribution in [0.15, 0.2) is 18.2 Å². The summed E-state index contributed by atoms with van der Waals surface area (Å²) in [5, 5.41) is 0. The van der Waals surface area contributed by atoms with Gasteiger partial charge in [0, 0.05) is 18.1 Å². The molecule has 1 aromatic rings. The summed E-state index contributed by atoms with van der Waals surface area (Å²) in [6.45, 7) is 0.111. The van der Waals surface area contributed by atoms with Crippen molar-refractivity contribution in [3.05, 3.63) is 29.3 Å². The highest BCUT2D eigenvalue weighted by atomic mass is 35.5. The molecule has 0 N–H and O–H groups in total. The quantitative estimate of drug-likeness (QED) is 0.766. The Kier molecular flexibility index (Phi) is 4.04. The Bertz CT molecular complexity index is 487. The van der Waals surface area contributed by atoms with Crippen molar-refractivity contribution < 1.29 is 18.0 Å². The number of rotatable bonds is 2. The van der Waals surface area contributed by atoms with E-state index in [1.165, 1.54) is 0 Å². The van der Waals surface area contributed by atoms with E-state index >= 15 is 0 Å². The zero-order valence-corrected chi connectivity index (χ0v) is 10.9. The number of fused-ring (bicyclic) bond motifs is 1. The van der Waals surface area contributed by atoms with Crippen LogP contribution in [0.1, 0.15) is 17.5 Å². The van der Waals surface area contributed by atoms with Crippen molar-refractivity contribution in [1.29, 1.82) is 0 Å². The molecule has 0 spiro atoms. The van der Waals surface area contributed by atoms with Gasteiger partial charge in [-0.25, -0.2) is 0 Å². The van der Waals surface area contributed by atoms with E-state index in [2.05, 4.69) is 0 Å². The van der Waals surface area contributed by atoms with Gasteiger partial charge in [0.2, 0.25) is 0 Å². The Morgan fingerprint density at radius 3 is 2.74 bits per heavy atom. The fourth-order valence-electron chi connectivity index (χ4n) is 2.28. The lowest BCUT2D eigenvalue weighted by atomic mass is 9.98. The molecule has 19 heavy (non-hydrogen) atoms. The normalized spacial score (nSPS) is 15.3. The van der Waals surface area contributed by atoms with Gasteiger partial charge in [-0.2, -0.15) is 13.2 Å². The number of alkyl halides is 4. The first-order chi connectivity index (χ1) is 8.93. The topological polar surface area (TPSA) is 20.3 Å². The van der Waals surface area contributed by atoms with Gasteiger partial charge in [-0.3, -0.25) is 4.79 Å². The van der Waals surface area contributed by atoms with E-state index in [1.807, 2.05) is 6.07 Å². The third-order valence-corrected chi connectivity index (χ3v) is 3.32. The Balaban J connectivity index is 2.32. The van der Waals surface area contributed by atoms with E-state index < -0.39 is 12.1 Å². The average Bonchev–Trinajstić information content (AvgIpc) is 2.36. The molecule has 104 valence electrons. The maximum Gasteiger partial charge on any atom is 0.471 e. The van der Waals surface area contributed by atoms with Gasteiger partial charge >= 0.3 is 12.1 Å². The summed E-state index contributed by atoms with van der Waals surface area (Å²) in [5.41, 5.74) is 2.13. The Labute approximate surface area is 114 Å². The highest BCUT2D eigenvalue weighted by Gasteiger charge is 2.43. The van der Waals surface area contributed by atoms with Crippen LogP contribution in [0.3, 0.4) is 0 Å². The second-order valence-corrected chi connectivity index (χ2v) is 4.84. The molecular formula is C13H13ClF3NO. The molecule has 0 bridgehead atoms. The number of amides is 1. The van der Waals surface area contributed by atoms with Gasteiger partial charge in [0.1, 0.15) is 0 Å². The summed E-state index contributed by atoms with van der Waals surface area (Å²) in [5.74, 6) is -1.33. The van der Waals surface area contributed by atoms with Gasteiger partial charge in [-0.05, 0) is 36.5 Å². The van der Waals surface area contributed by atoms with E-state index in [9.17, 15) is 18.0 Å². The number of carbonyl (C=O) groups is 1. The fraction of sp³-hybridized carbons (Fsp3) is 0.462. The molecule has 0 saturated carbocycles. The summed E-state index contributed by atoms with van der Waals surface area (Å²) in [6.07, 6.45) is -2.93. The van der Waals surface area contributed by atoms with Gasteiger partial charge in [0.25, 0.3) is 0 Å². The van der Waals surface area contributed by atoms with Crippen molar-refractivity contribution in [1.82, 2.24) is 0 Å². The van der Waals surface area contributed by atoms with Gasteiger partial charge < -0.3 is 4.90 Å². The molecular weight excluding hydrogens is 279 g/mol. The van der Waals surface area contributed by atoms with E-state index in [0.29, 0.717) is 30.8 Å². The maximum absolute atomic E-state index is 12.5. The smallest absolute Gasteiger partial charge is 0.304 e. The van der Waals surface area contributed by atoms with E-state index in [4.69, 9.17) is 11.6 Å². The van der Waals surface area contributed by atoms with Crippen molar-refractivity contribution in [3.63, 3.8) is 0 Å². The lowest BCUT2D eigenvalue weighted by Crippen LogP contribution is -2.43. The second kappa shape index (κ2) is 5.41. The molecule has 0 aromatic heterocycles. The number of carbonyl (C=O) groups excluding carboxylic acids is 1. The standard InChI is InChI=1S/C13H13ClF3NO/c14-6-5-9-3-4-11-10(8-9)2-1-7-18(11)12(19)13(15,16)17/h3-4,8H,1-2,5-7H2. The Morgan fingerprint density at radius 2 is 2.11 bits per heavy atom. The number of hydrogen-bond donors (Lipinski definition) is 0. The molecule has 0 fully saturated rings. The number of halogens is 4. The lowest BCUT2D eigenvalue weighted by Gasteiger charge is -2.30. The van der Waals surface area contributed by atoms with Gasteiger partial charge in [0.05, 0.1) is 0 Å². The third-order valence-electron chi connectivity index (χ3n) is 3.13. The van der Waals surface area contributed by atoms with Crippen molar-refractivity contribution >= 4 is 23.2 Å². The number of hydrogen-bond acceptors (Lipinski definition) is 1. The van der Waals surface area contributed by atoms with Gasteiger partial charge in [-0.15, -0.1) is 11.6 Å². The van der Waals surface area contributed by atoms with Crippen LogP contribution >= 0.6 is 11.6 Å². The maximum atomic E-state index is 12.5. The van der Waals surface area contributed by atoms with E-state index in [-0.39, 0.29) is 6.54 Å². The minimum Gasteiger partial charge on any atom is -0.304 e. The number of benzene rings is 1. The molecule has 1 heterocycles. The molecule has 1 aliphatic heterocycles. The van der Waals surface area contributed by atoms with Crippen LogP contribution in [-0.2, 0) is 17.6 Å². The second-order valence-electron chi connectivity index (χ2n) is 4.46. The summed E-state index contributed by atoms with van der Waals surface area (Å²) in [4.78, 5) is 12.2. The zero-order valence-electron chi connectivity index (χ0n) is 10.1. The third kappa shape index (κ3) is 3.03. The molecule has 1 aliphatic rings. The van der Waals surface area contributed by atoms with Gasteiger partial charge in [0.15, 0.2) is 0 Å². The Hall–Kier alpha value is -1.23. The van der Waals surface area contributed by atoms with Crippen LogP contribution in [0.4, 0.5) is 18.9 Å². The van der Waals surface area contributed by atoms with Crippen molar-refractivity contribution in [2.24, 2.45) is 0 Å². The highest BCUT2D eigenvalue weighted by Crippen LogP contribution is 2.31. The molecule has 0 radical (unpaired) electrons. The minimum absolute atomic E-state index is 0.111. The average molecular weight is 292 g/mol. The van der Waals surface area contributed by atoms with Crippen molar-refractivity contribution in [2.75, 3.05) is 17.3 Å². The number of aryl methyl sites for hydroxylation is 2. The molecule has 6 heteroatoms. The van der Waals surface area contributed by atoms with E-state index in [0.717, 1.165) is 16.0 Å². The first-order valence-electron chi connectivity index (χ1n) is 6.00. The van der Waals surface area contributed by atoms with Crippen LogP contribution in [0.25, 0.3) is 0 Å². The fourth-order valence-corrected chi connectivity index (χ4v) is 2.50. The van der Waals surface area contributed by atoms with Crippen molar-refractivity contribution in [3.8, 4) is 0 Å². The monoisotopic (exact) mass is 291 g/mol. The zero-order chi connectivity index (χ0) is 14.0. The Morgan fingerprint density at radius 1 is 1.37 bits per heavy atom. The van der Waals surface area contributed by atoms with Crippen LogP contribution in [0.5, 0.6) is 0 Å². The summed E-state index contributed by atoms with van der Waals surface area (Å²) < 4.78 is 37.6. The first kappa shape index (κ1) is 14.2. The van der Waals surface area contributed by atoms with Crippen LogP contribution in [0, 0.1) is 0 Å². The predicted octanol–water partition coefficient (Wildman–Crippen LogP) is 3.31. The minimum atomic E-state index is -4.83. The molecule has 2 rings (SSSR count). The highest BCUT2D eigenvalue weighted by molar-refractivity contribution is 6.18. The molecule has 0 atom stereocenters. The summed E-state index contributed by atoms with van der Waals surface area (Å²) >= 11 is 5.64. The molecule has 0 aliphatic carbocycles. The molecule has 1 amide bonds. The molecule has 1 aromatic carbocycles. The lowest BCUT2D eigenvalue weighted by molar-refractivity contribution is -0.170. The number of nitrogens with zero attached hydrogens (tertiary/aromatic N) is 1. The van der Waals surface area contributed by atoms with E-state index in [1.54, 1.807) is 12.1 Å². The molecule has 0 unspecified atom stereocenters. The van der Waals surface area contributed by atoms with Gasteiger partial charge in [-0.1, -0.05) is 12.1 Å². The first-order valence-corrected chi connectivity index (χ1v) is 6.53. The van der Waals surface area contributed by atoms with Crippen LogP contribution < -0.4 is 4.90 Å². The number of anilines is 1. The van der Waals surface area contributed by atoms with Crippen molar-refractivity contribution in [2.45, 2.75) is 25.4 Å². The largest absolute Gasteiger partial charge is 0.471 e. The van der Waals surface area contributed by atoms with Crippen LogP contribution in [0.2, 0.25) is 0 Å². The summed E-state index contributed by atoms with van der Waals surface area (Å²) in [7, 11) is 0.